The minimum Gasteiger partial charge on any atom is -0.330 e. The number of nitrogens with two attached hydrogens (primary N) is 2. The minimum absolute atomic E-state index is 0.234. The van der Waals surface area contributed by atoms with E-state index in [1.54, 1.807) is 6.92 Å². The summed E-state index contributed by atoms with van der Waals surface area (Å²) < 4.78 is 0. The largest absolute Gasteiger partial charge is 0.330 e. The summed E-state index contributed by atoms with van der Waals surface area (Å²) in [6.07, 6.45) is 6.18. The van der Waals surface area contributed by atoms with E-state index in [1.807, 2.05) is 0 Å². The Morgan fingerprint density at radius 3 is 2.18 bits per heavy atom. The first-order valence-electron chi connectivity index (χ1n) is 6.83. The van der Waals surface area contributed by atoms with Crippen molar-refractivity contribution >= 4 is 5.78 Å². The van der Waals surface area contributed by atoms with E-state index < -0.39 is 0 Å². The van der Waals surface area contributed by atoms with Gasteiger partial charge in [-0.05, 0) is 65.2 Å². The lowest BCUT2D eigenvalue weighted by molar-refractivity contribution is -0.121. The third-order valence-corrected chi connectivity index (χ3v) is 3.05. The number of unbranched alkanes of at least 4 members (excludes halogenated alkanes) is 1. The molecule has 0 rings (SSSR count). The Kier molecular flexibility index (Phi) is 11.7. The van der Waals surface area contributed by atoms with Crippen molar-refractivity contribution in [3.8, 4) is 0 Å². The lowest BCUT2D eigenvalue weighted by Crippen LogP contribution is -2.21. The molecule has 0 aliphatic carbocycles. The summed E-state index contributed by atoms with van der Waals surface area (Å²) in [7, 11) is 0. The molecule has 17 heavy (non-hydrogen) atoms. The normalized spacial score (nSPS) is 12.6. The van der Waals surface area contributed by atoms with Gasteiger partial charge in [0.1, 0.15) is 5.78 Å². The first-order valence-corrected chi connectivity index (χ1v) is 6.83. The van der Waals surface area contributed by atoms with Gasteiger partial charge in [0, 0.05) is 5.92 Å². The van der Waals surface area contributed by atoms with Crippen molar-refractivity contribution in [2.45, 2.75) is 45.4 Å². The monoisotopic (exact) mass is 243 g/mol. The van der Waals surface area contributed by atoms with Gasteiger partial charge in [-0.3, -0.25) is 4.79 Å². The number of nitrogens with one attached hydrogen (secondary N) is 1. The van der Waals surface area contributed by atoms with Crippen LogP contribution in [0.3, 0.4) is 0 Å². The van der Waals surface area contributed by atoms with E-state index in [4.69, 9.17) is 11.5 Å². The molecule has 4 nitrogen and oxygen atoms in total. The van der Waals surface area contributed by atoms with Gasteiger partial charge >= 0.3 is 0 Å². The van der Waals surface area contributed by atoms with Gasteiger partial charge in [0.15, 0.2) is 0 Å². The molecule has 0 aromatic rings. The Balaban J connectivity index is 3.52. The van der Waals surface area contributed by atoms with Gasteiger partial charge in [-0.1, -0.05) is 6.42 Å². The fourth-order valence-corrected chi connectivity index (χ4v) is 1.91. The summed E-state index contributed by atoms with van der Waals surface area (Å²) in [5.74, 6) is 0.557. The minimum atomic E-state index is 0.234. The SMILES string of the molecule is CC(=O)C(CCCCN)CCCNCCCN. The standard InChI is InChI=1S/C13H29N3O/c1-12(17)13(6-2-3-8-14)7-4-10-16-11-5-9-15/h13,16H,2-11,14-15H2,1H3. The van der Waals surface area contributed by atoms with Gasteiger partial charge in [-0.2, -0.15) is 0 Å². The molecule has 1 unspecified atom stereocenters. The molecule has 0 spiro atoms. The van der Waals surface area contributed by atoms with E-state index >= 15 is 0 Å². The first-order chi connectivity index (χ1) is 8.22. The third kappa shape index (κ3) is 10.4. The Morgan fingerprint density at radius 2 is 1.59 bits per heavy atom. The zero-order chi connectivity index (χ0) is 12.9. The predicted molar refractivity (Wildman–Crippen MR) is 72.9 cm³/mol. The van der Waals surface area contributed by atoms with Crippen LogP contribution in [0.15, 0.2) is 0 Å². The molecule has 0 saturated heterocycles. The van der Waals surface area contributed by atoms with Gasteiger partial charge < -0.3 is 16.8 Å². The Labute approximate surface area is 106 Å². The molecule has 0 radical (unpaired) electrons. The Hall–Kier alpha value is -0.450. The maximum Gasteiger partial charge on any atom is 0.132 e. The molecule has 0 amide bonds. The highest BCUT2D eigenvalue weighted by Crippen LogP contribution is 2.15. The summed E-state index contributed by atoms with van der Waals surface area (Å²) in [6.45, 7) is 5.14. The number of ketones is 1. The van der Waals surface area contributed by atoms with Crippen LogP contribution in [0.2, 0.25) is 0 Å². The highest BCUT2D eigenvalue weighted by Gasteiger charge is 2.12. The first kappa shape index (κ1) is 16.6. The van der Waals surface area contributed by atoms with Crippen molar-refractivity contribution in [3.05, 3.63) is 0 Å². The van der Waals surface area contributed by atoms with Gasteiger partial charge in [0.2, 0.25) is 0 Å². The fraction of sp³-hybridized carbons (Fsp3) is 0.923. The molecular weight excluding hydrogens is 214 g/mol. The molecule has 0 saturated carbocycles. The Bertz CT molecular complexity index is 186. The molecule has 0 heterocycles. The number of hydrogen-bond donors (Lipinski definition) is 3. The maximum atomic E-state index is 11.4. The van der Waals surface area contributed by atoms with E-state index in [0.717, 1.165) is 64.7 Å². The third-order valence-electron chi connectivity index (χ3n) is 3.05. The van der Waals surface area contributed by atoms with Crippen LogP contribution in [-0.4, -0.2) is 32.0 Å². The van der Waals surface area contributed by atoms with Gasteiger partial charge in [-0.25, -0.2) is 0 Å². The van der Waals surface area contributed by atoms with Crippen molar-refractivity contribution in [1.29, 1.82) is 0 Å². The van der Waals surface area contributed by atoms with Crippen LogP contribution in [-0.2, 0) is 4.79 Å². The lowest BCUT2D eigenvalue weighted by atomic mass is 9.93. The van der Waals surface area contributed by atoms with Crippen LogP contribution >= 0.6 is 0 Å². The summed E-state index contributed by atoms with van der Waals surface area (Å²) in [5.41, 5.74) is 10.9. The maximum absolute atomic E-state index is 11.4. The Morgan fingerprint density at radius 1 is 1.00 bits per heavy atom. The number of Topliss-reactive ketones (excluding diaryl/α,β-unsaturated/α-hetero) is 1. The topological polar surface area (TPSA) is 81.1 Å². The highest BCUT2D eigenvalue weighted by molar-refractivity contribution is 5.78. The molecule has 0 aliphatic rings. The molecule has 0 aromatic heterocycles. The fourth-order valence-electron chi connectivity index (χ4n) is 1.91. The average Bonchev–Trinajstić information content (AvgIpc) is 2.31. The second kappa shape index (κ2) is 12.0. The number of carbonyl (C=O) groups excluding carboxylic acids is 1. The van der Waals surface area contributed by atoms with Crippen LogP contribution in [0, 0.1) is 5.92 Å². The lowest BCUT2D eigenvalue weighted by Gasteiger charge is -2.13. The van der Waals surface area contributed by atoms with E-state index in [2.05, 4.69) is 5.32 Å². The molecule has 5 N–H and O–H groups in total. The summed E-state index contributed by atoms with van der Waals surface area (Å²) in [5, 5.41) is 3.34. The molecule has 0 aromatic carbocycles. The molecule has 102 valence electrons. The predicted octanol–water partition coefficient (Wildman–Crippen LogP) is 1.04. The van der Waals surface area contributed by atoms with Crippen molar-refractivity contribution in [1.82, 2.24) is 5.32 Å². The van der Waals surface area contributed by atoms with Gasteiger partial charge in [0.05, 0.1) is 0 Å². The van der Waals surface area contributed by atoms with Crippen molar-refractivity contribution in [2.24, 2.45) is 17.4 Å². The second-order valence-electron chi connectivity index (χ2n) is 4.63. The summed E-state index contributed by atoms with van der Waals surface area (Å²) >= 11 is 0. The number of carbonyl (C=O) groups is 1. The zero-order valence-corrected chi connectivity index (χ0v) is 11.2. The molecule has 4 heteroatoms. The van der Waals surface area contributed by atoms with E-state index in [-0.39, 0.29) is 5.92 Å². The van der Waals surface area contributed by atoms with Gasteiger partial charge in [-0.15, -0.1) is 0 Å². The molecule has 0 bridgehead atoms. The molecule has 0 fully saturated rings. The zero-order valence-electron chi connectivity index (χ0n) is 11.2. The second-order valence-corrected chi connectivity index (χ2v) is 4.63. The quantitative estimate of drug-likeness (QED) is 0.447. The van der Waals surface area contributed by atoms with Crippen LogP contribution in [0.5, 0.6) is 0 Å². The van der Waals surface area contributed by atoms with Crippen LogP contribution < -0.4 is 16.8 Å². The molecule has 1 atom stereocenters. The van der Waals surface area contributed by atoms with E-state index in [9.17, 15) is 4.79 Å². The van der Waals surface area contributed by atoms with Crippen molar-refractivity contribution in [2.75, 3.05) is 26.2 Å². The van der Waals surface area contributed by atoms with Gasteiger partial charge in [0.25, 0.3) is 0 Å². The van der Waals surface area contributed by atoms with E-state index in [1.165, 1.54) is 0 Å². The van der Waals surface area contributed by atoms with Crippen LogP contribution in [0.4, 0.5) is 0 Å². The number of hydrogen-bond acceptors (Lipinski definition) is 4. The summed E-state index contributed by atoms with van der Waals surface area (Å²) in [4.78, 5) is 11.4. The summed E-state index contributed by atoms with van der Waals surface area (Å²) in [6, 6.07) is 0. The van der Waals surface area contributed by atoms with E-state index in [0.29, 0.717) is 5.78 Å². The smallest absolute Gasteiger partial charge is 0.132 e. The van der Waals surface area contributed by atoms with Crippen molar-refractivity contribution in [3.63, 3.8) is 0 Å². The average molecular weight is 243 g/mol. The molecule has 0 aliphatic heterocycles. The molecular formula is C13H29N3O. The highest BCUT2D eigenvalue weighted by atomic mass is 16.1. The van der Waals surface area contributed by atoms with Crippen LogP contribution in [0.1, 0.15) is 45.4 Å². The van der Waals surface area contributed by atoms with Crippen molar-refractivity contribution < 1.29 is 4.79 Å². The number of rotatable bonds is 12. The van der Waals surface area contributed by atoms with Crippen LogP contribution in [0.25, 0.3) is 0 Å².